The maximum absolute atomic E-state index is 14.1. The fraction of sp³-hybridized carbons (Fsp3) is 0.308. The molecule has 1 heterocycles. The van der Waals surface area contributed by atoms with E-state index in [4.69, 9.17) is 0 Å². The molecule has 0 bridgehead atoms. The fourth-order valence-electron chi connectivity index (χ4n) is 3.38. The van der Waals surface area contributed by atoms with Crippen molar-refractivity contribution < 1.29 is 22.0 Å². The van der Waals surface area contributed by atoms with Crippen molar-refractivity contribution in [3.63, 3.8) is 0 Å². The monoisotopic (exact) mass is 458 g/mol. The molecule has 0 aliphatic heterocycles. The molecule has 0 aliphatic rings. The van der Waals surface area contributed by atoms with Gasteiger partial charge in [0.15, 0.2) is 5.82 Å². The number of halogens is 5. The lowest BCUT2D eigenvalue weighted by atomic mass is 10.0. The van der Waals surface area contributed by atoms with Crippen LogP contribution in [0.2, 0.25) is 0 Å². The van der Waals surface area contributed by atoms with Crippen LogP contribution < -0.4 is 0 Å². The van der Waals surface area contributed by atoms with Gasteiger partial charge < -0.3 is 0 Å². The van der Waals surface area contributed by atoms with Gasteiger partial charge in [-0.15, -0.1) is 0 Å². The molecule has 0 atom stereocenters. The van der Waals surface area contributed by atoms with Crippen molar-refractivity contribution in [1.82, 2.24) is 9.97 Å². The Morgan fingerprint density at radius 3 is 1.97 bits per heavy atom. The van der Waals surface area contributed by atoms with E-state index in [9.17, 15) is 22.0 Å². The first kappa shape index (κ1) is 24.4. The van der Waals surface area contributed by atoms with Crippen molar-refractivity contribution in [2.75, 3.05) is 0 Å². The molecule has 0 saturated heterocycles. The SMILES string of the molecule is CCCCCCCc1ccc(-c2cnc(-c3cc(F)c(C#CC(F)(F)F)c(F)c3)nc2)cc1. The molecule has 0 unspecified atom stereocenters. The Balaban J connectivity index is 1.70. The summed E-state index contributed by atoms with van der Waals surface area (Å²) in [5.74, 6) is -0.00867. The van der Waals surface area contributed by atoms with E-state index in [-0.39, 0.29) is 11.4 Å². The van der Waals surface area contributed by atoms with Gasteiger partial charge in [-0.25, -0.2) is 18.7 Å². The van der Waals surface area contributed by atoms with Crippen LogP contribution in [0, 0.1) is 23.5 Å². The molecule has 0 amide bonds. The third-order valence-electron chi connectivity index (χ3n) is 5.14. The summed E-state index contributed by atoms with van der Waals surface area (Å²) in [6.45, 7) is 2.19. The average molecular weight is 458 g/mol. The van der Waals surface area contributed by atoms with Crippen LogP contribution in [0.3, 0.4) is 0 Å². The molecule has 0 radical (unpaired) electrons. The summed E-state index contributed by atoms with van der Waals surface area (Å²) in [5.41, 5.74) is 1.96. The molecule has 0 N–H and O–H groups in total. The van der Waals surface area contributed by atoms with E-state index in [2.05, 4.69) is 29.0 Å². The van der Waals surface area contributed by atoms with Gasteiger partial charge in [-0.2, -0.15) is 13.2 Å². The number of aryl methyl sites for hydroxylation is 1. The van der Waals surface area contributed by atoms with E-state index < -0.39 is 23.4 Å². The minimum absolute atomic E-state index is 0.00697. The van der Waals surface area contributed by atoms with Gasteiger partial charge in [0, 0.05) is 29.4 Å². The molecule has 172 valence electrons. The molecule has 7 heteroatoms. The van der Waals surface area contributed by atoms with Crippen molar-refractivity contribution in [3.05, 3.63) is 71.6 Å². The summed E-state index contributed by atoms with van der Waals surface area (Å²) in [7, 11) is 0. The second-order valence-corrected chi connectivity index (χ2v) is 7.72. The van der Waals surface area contributed by atoms with Gasteiger partial charge in [0.05, 0.1) is 5.56 Å². The minimum atomic E-state index is -4.84. The van der Waals surface area contributed by atoms with E-state index in [1.807, 2.05) is 12.1 Å². The zero-order chi connectivity index (χ0) is 23.8. The summed E-state index contributed by atoms with van der Waals surface area (Å²) in [6, 6.07) is 9.82. The van der Waals surface area contributed by atoms with E-state index in [1.165, 1.54) is 49.6 Å². The molecule has 2 aromatic carbocycles. The van der Waals surface area contributed by atoms with Crippen LogP contribution >= 0.6 is 0 Å². The molecule has 2 nitrogen and oxygen atoms in total. The van der Waals surface area contributed by atoms with Crippen LogP contribution in [0.1, 0.15) is 50.2 Å². The van der Waals surface area contributed by atoms with Crippen molar-refractivity contribution >= 4 is 0 Å². The maximum atomic E-state index is 14.1. The average Bonchev–Trinajstić information content (AvgIpc) is 2.78. The number of aromatic nitrogens is 2. The molecule has 33 heavy (non-hydrogen) atoms. The zero-order valence-electron chi connectivity index (χ0n) is 18.1. The van der Waals surface area contributed by atoms with E-state index >= 15 is 0 Å². The van der Waals surface area contributed by atoms with Crippen LogP contribution in [0.4, 0.5) is 22.0 Å². The largest absolute Gasteiger partial charge is 0.458 e. The third-order valence-corrected chi connectivity index (χ3v) is 5.14. The molecule has 3 aromatic rings. The van der Waals surface area contributed by atoms with Crippen LogP contribution in [0.5, 0.6) is 0 Å². The smallest absolute Gasteiger partial charge is 0.236 e. The molecule has 0 fully saturated rings. The number of hydrogen-bond donors (Lipinski definition) is 0. The lowest BCUT2D eigenvalue weighted by Crippen LogP contribution is -2.02. The number of rotatable bonds is 8. The Labute approximate surface area is 189 Å². The highest BCUT2D eigenvalue weighted by atomic mass is 19.4. The zero-order valence-corrected chi connectivity index (χ0v) is 18.1. The number of hydrogen-bond acceptors (Lipinski definition) is 2. The Bertz CT molecular complexity index is 1100. The number of benzene rings is 2. The normalized spacial score (nSPS) is 11.2. The quantitative estimate of drug-likeness (QED) is 0.198. The second kappa shape index (κ2) is 11.0. The lowest BCUT2D eigenvalue weighted by Gasteiger charge is -2.07. The first-order valence-electron chi connectivity index (χ1n) is 10.8. The summed E-state index contributed by atoms with van der Waals surface area (Å²) in [5, 5.41) is 0. The predicted molar refractivity (Wildman–Crippen MR) is 118 cm³/mol. The summed E-state index contributed by atoms with van der Waals surface area (Å²) in [6.07, 6.45) is 5.39. The molecule has 1 aromatic heterocycles. The van der Waals surface area contributed by atoms with E-state index in [0.717, 1.165) is 42.0 Å². The second-order valence-electron chi connectivity index (χ2n) is 7.72. The summed E-state index contributed by atoms with van der Waals surface area (Å²) < 4.78 is 64.9. The topological polar surface area (TPSA) is 25.8 Å². The molecule has 0 aliphatic carbocycles. The fourth-order valence-corrected chi connectivity index (χ4v) is 3.38. The van der Waals surface area contributed by atoms with E-state index in [1.54, 1.807) is 0 Å². The summed E-state index contributed by atoms with van der Waals surface area (Å²) >= 11 is 0. The minimum Gasteiger partial charge on any atom is -0.236 e. The van der Waals surface area contributed by atoms with Crippen molar-refractivity contribution in [2.24, 2.45) is 0 Å². The third kappa shape index (κ3) is 7.11. The first-order valence-corrected chi connectivity index (χ1v) is 10.8. The van der Waals surface area contributed by atoms with Gasteiger partial charge in [-0.3, -0.25) is 0 Å². The van der Waals surface area contributed by atoms with Gasteiger partial charge in [0.1, 0.15) is 11.6 Å². The van der Waals surface area contributed by atoms with Crippen LogP contribution in [-0.4, -0.2) is 16.1 Å². The number of alkyl halides is 3. The van der Waals surface area contributed by atoms with Crippen LogP contribution in [-0.2, 0) is 6.42 Å². The first-order chi connectivity index (χ1) is 15.8. The van der Waals surface area contributed by atoms with Crippen molar-refractivity contribution in [2.45, 2.75) is 51.6 Å². The Hall–Kier alpha value is -3.27. The van der Waals surface area contributed by atoms with Gasteiger partial charge >= 0.3 is 6.18 Å². The predicted octanol–water partition coefficient (Wildman–Crippen LogP) is 7.52. The standard InChI is InChI=1S/C26H23F5N2/c1-2-3-4-5-6-7-18-8-10-19(11-9-18)21-16-32-25(33-17-21)20-14-23(27)22(24(28)15-20)12-13-26(29,30)31/h8-11,14-17H,2-7H2,1H3. The molecule has 0 saturated carbocycles. The highest BCUT2D eigenvalue weighted by Gasteiger charge is 2.23. The Morgan fingerprint density at radius 2 is 1.39 bits per heavy atom. The molecular weight excluding hydrogens is 435 g/mol. The number of unbranched alkanes of at least 4 members (excludes halogenated alkanes) is 4. The molecule has 0 spiro atoms. The number of nitrogens with zero attached hydrogens (tertiary/aromatic N) is 2. The van der Waals surface area contributed by atoms with E-state index in [0.29, 0.717) is 0 Å². The van der Waals surface area contributed by atoms with Crippen LogP contribution in [0.15, 0.2) is 48.8 Å². The van der Waals surface area contributed by atoms with Crippen molar-refractivity contribution in [3.8, 4) is 34.4 Å². The van der Waals surface area contributed by atoms with Gasteiger partial charge in [-0.1, -0.05) is 62.8 Å². The van der Waals surface area contributed by atoms with Gasteiger partial charge in [0.25, 0.3) is 0 Å². The Kier molecular flexibility index (Phi) is 8.16. The van der Waals surface area contributed by atoms with Gasteiger partial charge in [-0.05, 0) is 36.1 Å². The maximum Gasteiger partial charge on any atom is 0.458 e. The summed E-state index contributed by atoms with van der Waals surface area (Å²) in [4.78, 5) is 8.33. The molecular formula is C26H23F5N2. The lowest BCUT2D eigenvalue weighted by molar-refractivity contribution is -0.0696. The highest BCUT2D eigenvalue weighted by Crippen LogP contribution is 2.24. The molecule has 3 rings (SSSR count). The van der Waals surface area contributed by atoms with Crippen molar-refractivity contribution in [1.29, 1.82) is 0 Å². The highest BCUT2D eigenvalue weighted by molar-refractivity contribution is 5.64. The van der Waals surface area contributed by atoms with Crippen LogP contribution in [0.25, 0.3) is 22.5 Å². The Morgan fingerprint density at radius 1 is 0.788 bits per heavy atom. The van der Waals surface area contributed by atoms with Gasteiger partial charge in [0.2, 0.25) is 0 Å².